The maximum absolute atomic E-state index is 11.1. The highest BCUT2D eigenvalue weighted by molar-refractivity contribution is 7.31. The fourth-order valence-corrected chi connectivity index (χ4v) is 1.48. The molecule has 1 aromatic heterocycles. The molecule has 1 aromatic rings. The van der Waals surface area contributed by atoms with Gasteiger partial charge in [-0.3, -0.25) is 0 Å². The molecular formula is C8H11O2P. The molecule has 2 nitrogen and oxygen atoms in total. The molecule has 0 spiro atoms. The van der Waals surface area contributed by atoms with Gasteiger partial charge in [0.1, 0.15) is 0 Å². The molecule has 1 heterocycles. The highest BCUT2D eigenvalue weighted by Gasteiger charge is 2.04. The van der Waals surface area contributed by atoms with Gasteiger partial charge < -0.3 is 4.74 Å². The lowest BCUT2D eigenvalue weighted by atomic mass is 10.5. The smallest absolute Gasteiger partial charge is 0.341 e. The van der Waals surface area contributed by atoms with Crippen LogP contribution in [0.2, 0.25) is 0 Å². The lowest BCUT2D eigenvalue weighted by Gasteiger charge is -1.99. The number of hydrogen-bond acceptors (Lipinski definition) is 2. The molecule has 0 saturated carbocycles. The zero-order valence-electron chi connectivity index (χ0n) is 6.46. The summed E-state index contributed by atoms with van der Waals surface area (Å²) in [7, 11) is 0.497. The van der Waals surface area contributed by atoms with Crippen molar-refractivity contribution in [3.05, 3.63) is 23.2 Å². The van der Waals surface area contributed by atoms with Crippen molar-refractivity contribution < 1.29 is 9.53 Å². The molecule has 0 radical (unpaired) electrons. The minimum Gasteiger partial charge on any atom is -0.462 e. The quantitative estimate of drug-likeness (QED) is 0.650. The average molecular weight is 170 g/mol. The summed E-state index contributed by atoms with van der Waals surface area (Å²) < 4.78 is 4.93. The Morgan fingerprint density at radius 1 is 1.73 bits per heavy atom. The lowest BCUT2D eigenvalue weighted by molar-refractivity contribution is 0.0511. The first-order chi connectivity index (χ1) is 5.34. The van der Waals surface area contributed by atoms with Crippen molar-refractivity contribution in [3.63, 3.8) is 0 Å². The predicted octanol–water partition coefficient (Wildman–Crippen LogP) is 2.28. The van der Waals surface area contributed by atoms with Crippen molar-refractivity contribution in [2.45, 2.75) is 13.3 Å². The van der Waals surface area contributed by atoms with Crippen molar-refractivity contribution in [1.29, 1.82) is 0 Å². The maximum atomic E-state index is 11.1. The van der Waals surface area contributed by atoms with E-state index in [0.29, 0.717) is 14.8 Å². The van der Waals surface area contributed by atoms with Gasteiger partial charge in [0, 0.05) is 0 Å². The van der Waals surface area contributed by atoms with E-state index < -0.39 is 0 Å². The highest BCUT2D eigenvalue weighted by atomic mass is 31.0. The molecule has 0 saturated heterocycles. The fraction of sp³-hybridized carbons (Fsp3) is 0.375. The van der Waals surface area contributed by atoms with Gasteiger partial charge in [-0.2, -0.15) is 0 Å². The van der Waals surface area contributed by atoms with Crippen LogP contribution < -0.4 is 0 Å². The third-order valence-electron chi connectivity index (χ3n) is 1.26. The van der Waals surface area contributed by atoms with E-state index >= 15 is 0 Å². The molecule has 0 amide bonds. The molecule has 0 aromatic carbocycles. The van der Waals surface area contributed by atoms with E-state index in [1.807, 2.05) is 24.9 Å². The summed E-state index contributed by atoms with van der Waals surface area (Å²) in [4.78, 5) is 11.1. The summed E-state index contributed by atoms with van der Waals surface area (Å²) in [6, 6.07) is 3.71. The molecule has 1 rings (SSSR count). The van der Waals surface area contributed by atoms with Gasteiger partial charge in [-0.1, -0.05) is 13.0 Å². The first-order valence-corrected chi connectivity index (χ1v) is 4.73. The predicted molar refractivity (Wildman–Crippen MR) is 46.5 cm³/mol. The molecule has 0 aliphatic carbocycles. The molecule has 0 aliphatic rings. The van der Waals surface area contributed by atoms with Crippen LogP contribution in [0, 0.1) is 0 Å². The highest BCUT2D eigenvalue weighted by Crippen LogP contribution is 2.15. The van der Waals surface area contributed by atoms with Crippen LogP contribution in [0.1, 0.15) is 23.4 Å². The van der Waals surface area contributed by atoms with Crippen LogP contribution in [0.25, 0.3) is 0 Å². The third-order valence-corrected chi connectivity index (χ3v) is 2.30. The van der Waals surface area contributed by atoms with Crippen molar-refractivity contribution >= 4 is 14.2 Å². The Labute approximate surface area is 67.7 Å². The maximum Gasteiger partial charge on any atom is 0.341 e. The van der Waals surface area contributed by atoms with Crippen LogP contribution in [0.5, 0.6) is 0 Å². The number of carbonyl (C=O) groups excluding carboxylic acids is 1. The number of ether oxygens (including phenoxy) is 1. The van der Waals surface area contributed by atoms with E-state index in [9.17, 15) is 4.79 Å². The zero-order chi connectivity index (χ0) is 8.10. The summed E-state index contributed by atoms with van der Waals surface area (Å²) in [5.74, 6) is 1.82. The van der Waals surface area contributed by atoms with E-state index in [0.717, 1.165) is 11.7 Å². The fourth-order valence-electron chi connectivity index (χ4n) is 0.730. The van der Waals surface area contributed by atoms with Crippen LogP contribution in [-0.4, -0.2) is 12.6 Å². The number of carbonyl (C=O) groups is 1. The first-order valence-electron chi connectivity index (χ1n) is 3.65. The Hall–Kier alpha value is -0.750. The summed E-state index contributed by atoms with van der Waals surface area (Å²) >= 11 is 0. The second kappa shape index (κ2) is 4.20. The van der Waals surface area contributed by atoms with E-state index in [2.05, 4.69) is 0 Å². The van der Waals surface area contributed by atoms with Gasteiger partial charge in [0.25, 0.3) is 0 Å². The van der Waals surface area contributed by atoms with Crippen LogP contribution in [0.4, 0.5) is 0 Å². The monoisotopic (exact) mass is 170 g/mol. The molecule has 3 heteroatoms. The van der Waals surface area contributed by atoms with Crippen LogP contribution in [0.3, 0.4) is 0 Å². The molecule has 1 atom stereocenters. The summed E-state index contributed by atoms with van der Waals surface area (Å²) in [5, 5.41) is 0.790. The minimum absolute atomic E-state index is 0.157. The lowest BCUT2D eigenvalue weighted by Crippen LogP contribution is -2.02. The van der Waals surface area contributed by atoms with Gasteiger partial charge in [-0.25, -0.2) is 4.79 Å². The average Bonchev–Trinajstić information content (AvgIpc) is 2.52. The summed E-state index contributed by atoms with van der Waals surface area (Å²) in [6.45, 7) is 2.51. The Morgan fingerprint density at radius 3 is 3.09 bits per heavy atom. The Morgan fingerprint density at radius 2 is 2.55 bits per heavy atom. The normalized spacial score (nSPS) is 10.3. The molecular weight excluding hydrogens is 159 g/mol. The molecule has 0 fully saturated rings. The summed E-state index contributed by atoms with van der Waals surface area (Å²) in [6.07, 6.45) is 0.884. The topological polar surface area (TPSA) is 26.3 Å². The second-order valence-electron chi connectivity index (χ2n) is 2.22. The van der Waals surface area contributed by atoms with E-state index in [4.69, 9.17) is 4.74 Å². The number of hydrogen-bond donors (Lipinski definition) is 0. The van der Waals surface area contributed by atoms with E-state index in [-0.39, 0.29) is 5.97 Å². The van der Waals surface area contributed by atoms with Gasteiger partial charge in [0.2, 0.25) is 0 Å². The van der Waals surface area contributed by atoms with Gasteiger partial charge in [0.05, 0.1) is 11.9 Å². The van der Waals surface area contributed by atoms with Gasteiger partial charge >= 0.3 is 5.97 Å². The van der Waals surface area contributed by atoms with Crippen molar-refractivity contribution in [3.8, 4) is 0 Å². The molecule has 0 bridgehead atoms. The van der Waals surface area contributed by atoms with E-state index in [1.54, 1.807) is 0 Å². The molecule has 0 N–H and O–H groups in total. The SMILES string of the molecule is CCCOC(=O)c1ccc[pH]1. The first kappa shape index (κ1) is 8.35. The molecule has 1 unspecified atom stereocenters. The Kier molecular flexibility index (Phi) is 3.18. The molecule has 60 valence electrons. The molecule has 11 heavy (non-hydrogen) atoms. The van der Waals surface area contributed by atoms with Crippen LogP contribution in [0.15, 0.2) is 17.9 Å². The largest absolute Gasteiger partial charge is 0.462 e. The van der Waals surface area contributed by atoms with Crippen LogP contribution >= 0.6 is 8.19 Å². The van der Waals surface area contributed by atoms with Gasteiger partial charge in [-0.05, 0) is 18.3 Å². The number of esters is 1. The number of rotatable bonds is 3. The zero-order valence-corrected chi connectivity index (χ0v) is 7.46. The Bertz CT molecular complexity index is 216. The summed E-state index contributed by atoms with van der Waals surface area (Å²) in [5.41, 5.74) is 0. The second-order valence-corrected chi connectivity index (χ2v) is 3.38. The van der Waals surface area contributed by atoms with Gasteiger partial charge in [-0.15, -0.1) is 8.19 Å². The third kappa shape index (κ3) is 2.39. The van der Waals surface area contributed by atoms with Crippen molar-refractivity contribution in [1.82, 2.24) is 0 Å². The van der Waals surface area contributed by atoms with Crippen molar-refractivity contribution in [2.75, 3.05) is 6.61 Å². The standard InChI is InChI=1S/C8H11O2P/c1-2-5-10-8(9)7-4-3-6-11-7/h3-4,6,11H,2,5H2,1H3. The minimum atomic E-state index is -0.157. The van der Waals surface area contributed by atoms with Crippen molar-refractivity contribution in [2.24, 2.45) is 0 Å². The van der Waals surface area contributed by atoms with Crippen LogP contribution in [-0.2, 0) is 4.74 Å². The Balaban J connectivity index is 2.43. The molecule has 0 aliphatic heterocycles. The van der Waals surface area contributed by atoms with Gasteiger partial charge in [0.15, 0.2) is 0 Å². The van der Waals surface area contributed by atoms with E-state index in [1.165, 1.54) is 0 Å².